The lowest BCUT2D eigenvalue weighted by Gasteiger charge is -2.31. The highest BCUT2D eigenvalue weighted by atomic mass is 32.2. The number of benzene rings is 1. The number of rotatable bonds is 3. The average molecular weight is 377 g/mol. The van der Waals surface area contributed by atoms with Crippen molar-refractivity contribution in [3.05, 3.63) is 95.7 Å². The highest BCUT2D eigenvalue weighted by Gasteiger charge is 2.39. The van der Waals surface area contributed by atoms with Crippen LogP contribution < -0.4 is 0 Å². The van der Waals surface area contributed by atoms with Crippen molar-refractivity contribution in [1.29, 1.82) is 0 Å². The molecule has 134 valence electrons. The van der Waals surface area contributed by atoms with Gasteiger partial charge in [-0.2, -0.15) is 0 Å². The van der Waals surface area contributed by atoms with Gasteiger partial charge in [-0.1, -0.05) is 18.2 Å². The number of carbonyl (C=O) groups is 1. The molecule has 0 spiro atoms. The monoisotopic (exact) mass is 377 g/mol. The van der Waals surface area contributed by atoms with Gasteiger partial charge in [-0.25, -0.2) is 8.42 Å². The van der Waals surface area contributed by atoms with E-state index in [0.29, 0.717) is 5.69 Å². The summed E-state index contributed by atoms with van der Waals surface area (Å²) in [6.07, 6.45) is 6.28. The lowest BCUT2D eigenvalue weighted by molar-refractivity contribution is 0.100. The zero-order valence-corrected chi connectivity index (χ0v) is 15.0. The normalized spacial score (nSPS) is 17.0. The van der Waals surface area contributed by atoms with E-state index in [2.05, 4.69) is 9.97 Å². The molecule has 0 saturated carbocycles. The van der Waals surface area contributed by atoms with Crippen LogP contribution in [-0.4, -0.2) is 28.5 Å². The summed E-state index contributed by atoms with van der Waals surface area (Å²) >= 11 is 0. The van der Waals surface area contributed by atoms with E-state index in [1.165, 1.54) is 18.2 Å². The van der Waals surface area contributed by atoms with Crippen LogP contribution in [0.5, 0.6) is 0 Å². The summed E-state index contributed by atoms with van der Waals surface area (Å²) in [6, 6.07) is 15.0. The third kappa shape index (κ3) is 3.13. The van der Waals surface area contributed by atoms with Crippen LogP contribution >= 0.6 is 0 Å². The molecule has 0 amide bonds. The average Bonchev–Trinajstić information content (AvgIpc) is 2.71. The Morgan fingerprint density at radius 1 is 0.926 bits per heavy atom. The molecule has 0 radical (unpaired) electrons. The second-order valence-corrected chi connectivity index (χ2v) is 7.81. The van der Waals surface area contributed by atoms with Crippen molar-refractivity contribution in [2.75, 3.05) is 0 Å². The largest absolute Gasteiger partial charge is 0.287 e. The molecule has 7 heteroatoms. The molecule has 0 unspecified atom stereocenters. The molecule has 1 aliphatic rings. The predicted octanol–water partition coefficient (Wildman–Crippen LogP) is 2.90. The van der Waals surface area contributed by atoms with Gasteiger partial charge in [0.2, 0.25) is 5.78 Å². The molecule has 27 heavy (non-hydrogen) atoms. The van der Waals surface area contributed by atoms with Gasteiger partial charge in [-0.3, -0.25) is 19.1 Å². The van der Waals surface area contributed by atoms with E-state index in [4.69, 9.17) is 0 Å². The molecule has 0 bridgehead atoms. The van der Waals surface area contributed by atoms with Gasteiger partial charge >= 0.3 is 0 Å². The molecular weight excluding hydrogens is 362 g/mol. The predicted molar refractivity (Wildman–Crippen MR) is 100.0 cm³/mol. The number of hydrogen-bond donors (Lipinski definition) is 0. The van der Waals surface area contributed by atoms with Crippen LogP contribution in [0.4, 0.5) is 0 Å². The molecule has 4 rings (SSSR count). The van der Waals surface area contributed by atoms with E-state index in [9.17, 15) is 13.2 Å². The van der Waals surface area contributed by atoms with Crippen LogP contribution in [0.1, 0.15) is 21.6 Å². The second kappa shape index (κ2) is 6.77. The maximum Gasteiger partial charge on any atom is 0.265 e. The molecule has 0 fully saturated rings. The Labute approximate surface area is 156 Å². The fourth-order valence-corrected chi connectivity index (χ4v) is 4.58. The first-order chi connectivity index (χ1) is 13.1. The van der Waals surface area contributed by atoms with Gasteiger partial charge in [0, 0.05) is 24.2 Å². The number of allylic oxidation sites excluding steroid dienone is 1. The van der Waals surface area contributed by atoms with Crippen LogP contribution in [0, 0.1) is 0 Å². The summed E-state index contributed by atoms with van der Waals surface area (Å²) in [5.74, 6) is -0.347. The number of fused-ring (bicyclic) bond motifs is 1. The standard InChI is InChI=1S/C20H15N3O3S/c24-20-17-6-1-2-7-19(17)27(25,26)23(14-15-8-11-21-12-9-15)18(20)13-16-5-3-4-10-22-16/h1-13H,14H2/b18-13+. The number of ketones is 1. The summed E-state index contributed by atoms with van der Waals surface area (Å²) in [7, 11) is -3.89. The number of sulfonamides is 1. The van der Waals surface area contributed by atoms with Crippen LogP contribution in [0.25, 0.3) is 6.08 Å². The Morgan fingerprint density at radius 2 is 1.67 bits per heavy atom. The maximum absolute atomic E-state index is 13.3. The summed E-state index contributed by atoms with van der Waals surface area (Å²) in [4.78, 5) is 21.3. The minimum Gasteiger partial charge on any atom is -0.287 e. The highest BCUT2D eigenvalue weighted by Crippen LogP contribution is 2.34. The summed E-state index contributed by atoms with van der Waals surface area (Å²) in [5.41, 5.74) is 1.48. The molecule has 3 aromatic rings. The number of hydrogen-bond acceptors (Lipinski definition) is 5. The quantitative estimate of drug-likeness (QED) is 0.656. The van der Waals surface area contributed by atoms with Crippen LogP contribution in [-0.2, 0) is 16.6 Å². The van der Waals surface area contributed by atoms with Crippen molar-refractivity contribution in [2.45, 2.75) is 11.4 Å². The van der Waals surface area contributed by atoms with E-state index in [-0.39, 0.29) is 28.5 Å². The smallest absolute Gasteiger partial charge is 0.265 e. The molecular formula is C20H15N3O3S. The van der Waals surface area contributed by atoms with Crippen molar-refractivity contribution in [3.63, 3.8) is 0 Å². The van der Waals surface area contributed by atoms with E-state index in [1.807, 2.05) is 0 Å². The third-order valence-electron chi connectivity index (χ3n) is 4.25. The van der Waals surface area contributed by atoms with Gasteiger partial charge in [0.1, 0.15) is 5.70 Å². The minimum absolute atomic E-state index is 0.0160. The Morgan fingerprint density at radius 3 is 2.41 bits per heavy atom. The van der Waals surface area contributed by atoms with E-state index in [0.717, 1.165) is 9.87 Å². The fourth-order valence-electron chi connectivity index (χ4n) is 2.94. The van der Waals surface area contributed by atoms with E-state index >= 15 is 0 Å². The Hall–Kier alpha value is -3.32. The Balaban J connectivity index is 1.91. The summed E-state index contributed by atoms with van der Waals surface area (Å²) < 4.78 is 27.6. The van der Waals surface area contributed by atoms with Crippen LogP contribution in [0.3, 0.4) is 0 Å². The number of aromatic nitrogens is 2. The topological polar surface area (TPSA) is 80.2 Å². The number of carbonyl (C=O) groups excluding carboxylic acids is 1. The molecule has 2 aromatic heterocycles. The zero-order valence-electron chi connectivity index (χ0n) is 14.2. The van der Waals surface area contributed by atoms with Gasteiger partial charge in [-0.15, -0.1) is 0 Å². The molecule has 0 atom stereocenters. The SMILES string of the molecule is O=C1/C(=C\c2ccccn2)N(Cc2ccncc2)S(=O)(=O)c2ccccc21. The molecule has 1 aromatic carbocycles. The van der Waals surface area contributed by atoms with Gasteiger partial charge in [0.15, 0.2) is 0 Å². The number of pyridine rings is 2. The molecule has 6 nitrogen and oxygen atoms in total. The van der Waals surface area contributed by atoms with Crippen LogP contribution in [0.2, 0.25) is 0 Å². The maximum atomic E-state index is 13.3. The first-order valence-electron chi connectivity index (χ1n) is 8.25. The summed E-state index contributed by atoms with van der Waals surface area (Å²) in [5, 5.41) is 0. The first-order valence-corrected chi connectivity index (χ1v) is 9.69. The highest BCUT2D eigenvalue weighted by molar-refractivity contribution is 7.89. The Kier molecular flexibility index (Phi) is 4.29. The minimum atomic E-state index is -3.89. The summed E-state index contributed by atoms with van der Waals surface area (Å²) in [6.45, 7) is 0.0313. The first kappa shape index (κ1) is 17.1. The zero-order chi connectivity index (χ0) is 18.9. The van der Waals surface area contributed by atoms with Crippen molar-refractivity contribution < 1.29 is 13.2 Å². The molecule has 3 heterocycles. The fraction of sp³-hybridized carbons (Fsp3) is 0.0500. The molecule has 1 aliphatic heterocycles. The lowest BCUT2D eigenvalue weighted by atomic mass is 10.1. The molecule has 0 aliphatic carbocycles. The number of nitrogens with zero attached hydrogens (tertiary/aromatic N) is 3. The lowest BCUT2D eigenvalue weighted by Crippen LogP contribution is -2.38. The molecule has 0 N–H and O–H groups in total. The van der Waals surface area contributed by atoms with Crippen molar-refractivity contribution in [3.8, 4) is 0 Å². The van der Waals surface area contributed by atoms with E-state index < -0.39 is 10.0 Å². The Bertz CT molecular complexity index is 1130. The van der Waals surface area contributed by atoms with Gasteiger partial charge in [-0.05, 0) is 48.0 Å². The van der Waals surface area contributed by atoms with Gasteiger partial charge in [0.05, 0.1) is 17.1 Å². The molecule has 0 saturated heterocycles. The van der Waals surface area contributed by atoms with E-state index in [1.54, 1.807) is 61.1 Å². The second-order valence-electron chi connectivity index (χ2n) is 5.98. The third-order valence-corrected chi connectivity index (χ3v) is 6.07. The van der Waals surface area contributed by atoms with Gasteiger partial charge < -0.3 is 0 Å². The van der Waals surface area contributed by atoms with Gasteiger partial charge in [0.25, 0.3) is 10.0 Å². The van der Waals surface area contributed by atoms with Crippen LogP contribution in [0.15, 0.2) is 83.8 Å². The van der Waals surface area contributed by atoms with Crippen molar-refractivity contribution >= 4 is 21.9 Å². The number of Topliss-reactive ketones (excluding diaryl/α,β-unsaturated/α-hetero) is 1. The van der Waals surface area contributed by atoms with Crippen molar-refractivity contribution in [1.82, 2.24) is 14.3 Å². The van der Waals surface area contributed by atoms with Crippen molar-refractivity contribution in [2.24, 2.45) is 0 Å².